The van der Waals surface area contributed by atoms with Crippen LogP contribution in [-0.2, 0) is 22.4 Å². The second kappa shape index (κ2) is 5.48. The van der Waals surface area contributed by atoms with Crippen LogP contribution in [0.2, 0.25) is 0 Å². The summed E-state index contributed by atoms with van der Waals surface area (Å²) in [5, 5.41) is 15.6. The van der Waals surface area contributed by atoms with Crippen molar-refractivity contribution >= 4 is 11.8 Å². The summed E-state index contributed by atoms with van der Waals surface area (Å²) in [6.07, 6.45) is 0.981. The highest BCUT2D eigenvalue weighted by Gasteiger charge is 2.35. The Morgan fingerprint density at radius 1 is 1.14 bits per heavy atom. The number of hydrogen-bond acceptors (Lipinski definition) is 3. The van der Waals surface area contributed by atoms with E-state index in [0.717, 1.165) is 11.1 Å². The molecule has 0 fully saturated rings. The maximum atomic E-state index is 11.8. The van der Waals surface area contributed by atoms with Crippen LogP contribution in [-0.4, -0.2) is 34.6 Å². The fraction of sp³-hybridized carbons (Fsp3) is 0.500. The summed E-state index contributed by atoms with van der Waals surface area (Å²) in [5.74, 6) is -1.39. The summed E-state index contributed by atoms with van der Waals surface area (Å²) in [6.45, 7) is 5.48. The molecular weight excluding hydrogens is 268 g/mol. The summed E-state index contributed by atoms with van der Waals surface area (Å²) >= 11 is 0. The average Bonchev–Trinajstić information content (AvgIpc) is 2.70. The molecule has 0 radical (unpaired) electrons. The molecule has 0 saturated carbocycles. The molecule has 0 aliphatic heterocycles. The van der Waals surface area contributed by atoms with Crippen molar-refractivity contribution < 1.29 is 14.7 Å². The molecule has 21 heavy (non-hydrogen) atoms. The highest BCUT2D eigenvalue weighted by atomic mass is 16.3. The quantitative estimate of drug-likeness (QED) is 0.696. The fourth-order valence-electron chi connectivity index (χ4n) is 2.52. The number of benzene rings is 1. The van der Waals surface area contributed by atoms with E-state index in [1.165, 1.54) is 0 Å². The van der Waals surface area contributed by atoms with Crippen LogP contribution in [0.3, 0.4) is 0 Å². The zero-order chi connectivity index (χ0) is 15.7. The monoisotopic (exact) mass is 290 g/mol. The molecule has 0 heterocycles. The van der Waals surface area contributed by atoms with Gasteiger partial charge in [0.15, 0.2) is 0 Å². The van der Waals surface area contributed by atoms with Crippen molar-refractivity contribution in [3.8, 4) is 0 Å². The Labute approximate surface area is 124 Å². The molecule has 1 aromatic carbocycles. The van der Waals surface area contributed by atoms with Gasteiger partial charge in [0.25, 0.3) is 0 Å². The molecule has 1 aliphatic rings. The number of rotatable bonds is 2. The van der Waals surface area contributed by atoms with Gasteiger partial charge in [-0.1, -0.05) is 24.3 Å². The van der Waals surface area contributed by atoms with Gasteiger partial charge in [-0.2, -0.15) is 0 Å². The second-order valence-corrected chi connectivity index (χ2v) is 6.73. The lowest BCUT2D eigenvalue weighted by Gasteiger charge is -2.24. The minimum atomic E-state index is -1.01. The Hall–Kier alpha value is -1.88. The predicted molar refractivity (Wildman–Crippen MR) is 79.7 cm³/mol. The molecule has 3 N–H and O–H groups in total. The summed E-state index contributed by atoms with van der Waals surface area (Å²) in [6, 6.07) is 7.81. The molecule has 2 amide bonds. The van der Waals surface area contributed by atoms with E-state index >= 15 is 0 Å². The van der Waals surface area contributed by atoms with Crippen LogP contribution in [0.4, 0.5) is 0 Å². The lowest BCUT2D eigenvalue weighted by Crippen LogP contribution is -2.51. The first-order valence-electron chi connectivity index (χ1n) is 7.08. The minimum absolute atomic E-state index is 0.0675. The number of nitrogens with one attached hydrogen (secondary N) is 2. The van der Waals surface area contributed by atoms with Gasteiger partial charge in [-0.3, -0.25) is 9.59 Å². The lowest BCUT2D eigenvalue weighted by atomic mass is 10.0. The van der Waals surface area contributed by atoms with E-state index < -0.39 is 23.0 Å². The van der Waals surface area contributed by atoms with Crippen LogP contribution in [0, 0.1) is 0 Å². The highest BCUT2D eigenvalue weighted by molar-refractivity contribution is 6.35. The molecule has 5 heteroatoms. The van der Waals surface area contributed by atoms with Crippen LogP contribution in [0.25, 0.3) is 0 Å². The third kappa shape index (κ3) is 4.04. The van der Waals surface area contributed by atoms with Crippen molar-refractivity contribution in [2.75, 3.05) is 6.54 Å². The summed E-state index contributed by atoms with van der Waals surface area (Å²) in [5.41, 5.74) is 0.706. The Bertz CT molecular complexity index is 536. The van der Waals surface area contributed by atoms with E-state index in [4.69, 9.17) is 0 Å². The molecular formula is C16H22N2O3. The Kier molecular flexibility index (Phi) is 4.05. The maximum absolute atomic E-state index is 11.8. The van der Waals surface area contributed by atoms with E-state index in [2.05, 4.69) is 10.6 Å². The zero-order valence-corrected chi connectivity index (χ0v) is 12.7. The molecule has 1 aliphatic carbocycles. The van der Waals surface area contributed by atoms with Crippen molar-refractivity contribution in [3.05, 3.63) is 35.4 Å². The third-order valence-corrected chi connectivity index (χ3v) is 3.43. The third-order valence-electron chi connectivity index (χ3n) is 3.43. The SMILES string of the molecule is CC(C)(C)NC(=O)C(=O)NCC1(O)Cc2ccccc2C1. The highest BCUT2D eigenvalue weighted by Crippen LogP contribution is 2.29. The summed E-state index contributed by atoms with van der Waals surface area (Å²) < 4.78 is 0. The zero-order valence-electron chi connectivity index (χ0n) is 12.7. The summed E-state index contributed by atoms with van der Waals surface area (Å²) in [4.78, 5) is 23.4. The van der Waals surface area contributed by atoms with Gasteiger partial charge in [0.1, 0.15) is 0 Å². The standard InChI is InChI=1S/C16H22N2O3/c1-15(2,3)18-14(20)13(19)17-10-16(21)8-11-6-4-5-7-12(11)9-16/h4-7,21H,8-10H2,1-3H3,(H,17,19)(H,18,20). The fourth-order valence-corrected chi connectivity index (χ4v) is 2.52. The largest absolute Gasteiger partial charge is 0.387 e. The van der Waals surface area contributed by atoms with E-state index in [9.17, 15) is 14.7 Å². The van der Waals surface area contributed by atoms with Crippen LogP contribution >= 0.6 is 0 Å². The van der Waals surface area contributed by atoms with E-state index in [1.54, 1.807) is 20.8 Å². The number of fused-ring (bicyclic) bond motifs is 1. The van der Waals surface area contributed by atoms with E-state index in [-0.39, 0.29) is 6.54 Å². The van der Waals surface area contributed by atoms with Crippen molar-refractivity contribution in [1.29, 1.82) is 0 Å². The van der Waals surface area contributed by atoms with Gasteiger partial charge in [-0.25, -0.2) is 0 Å². The first-order chi connectivity index (χ1) is 9.69. The van der Waals surface area contributed by atoms with Crippen LogP contribution in [0.1, 0.15) is 31.9 Å². The minimum Gasteiger partial charge on any atom is -0.387 e. The molecule has 0 unspecified atom stereocenters. The number of hydrogen-bond donors (Lipinski definition) is 3. The van der Waals surface area contributed by atoms with Gasteiger partial charge >= 0.3 is 11.8 Å². The second-order valence-electron chi connectivity index (χ2n) is 6.73. The molecule has 114 valence electrons. The van der Waals surface area contributed by atoms with Gasteiger partial charge in [-0.15, -0.1) is 0 Å². The topological polar surface area (TPSA) is 78.4 Å². The lowest BCUT2D eigenvalue weighted by molar-refractivity contribution is -0.140. The summed E-state index contributed by atoms with van der Waals surface area (Å²) in [7, 11) is 0. The Morgan fingerprint density at radius 2 is 1.67 bits per heavy atom. The maximum Gasteiger partial charge on any atom is 0.309 e. The van der Waals surface area contributed by atoms with Gasteiger partial charge in [0.05, 0.1) is 5.60 Å². The van der Waals surface area contributed by atoms with Gasteiger partial charge in [-0.05, 0) is 31.9 Å². The van der Waals surface area contributed by atoms with Gasteiger partial charge in [0.2, 0.25) is 0 Å². The number of amides is 2. The van der Waals surface area contributed by atoms with Crippen molar-refractivity contribution in [2.45, 2.75) is 44.8 Å². The van der Waals surface area contributed by atoms with Gasteiger partial charge < -0.3 is 15.7 Å². The Balaban J connectivity index is 1.89. The van der Waals surface area contributed by atoms with Gasteiger partial charge in [0, 0.05) is 24.9 Å². The molecule has 5 nitrogen and oxygen atoms in total. The molecule has 0 bridgehead atoms. The van der Waals surface area contributed by atoms with Crippen molar-refractivity contribution in [2.24, 2.45) is 0 Å². The van der Waals surface area contributed by atoms with Crippen LogP contribution in [0.15, 0.2) is 24.3 Å². The normalized spacial score (nSPS) is 16.2. The van der Waals surface area contributed by atoms with Crippen molar-refractivity contribution in [3.63, 3.8) is 0 Å². The molecule has 1 aromatic rings. The molecule has 0 atom stereocenters. The van der Waals surface area contributed by atoms with Crippen LogP contribution < -0.4 is 10.6 Å². The first-order valence-corrected chi connectivity index (χ1v) is 7.08. The Morgan fingerprint density at radius 3 is 2.14 bits per heavy atom. The molecule has 2 rings (SSSR count). The van der Waals surface area contributed by atoms with E-state index in [1.807, 2.05) is 24.3 Å². The molecule has 0 spiro atoms. The smallest absolute Gasteiger partial charge is 0.309 e. The molecule has 0 saturated heterocycles. The van der Waals surface area contributed by atoms with Crippen molar-refractivity contribution in [1.82, 2.24) is 10.6 Å². The molecule has 0 aromatic heterocycles. The number of aliphatic hydroxyl groups is 1. The first kappa shape index (κ1) is 15.5. The van der Waals surface area contributed by atoms with E-state index in [0.29, 0.717) is 12.8 Å². The predicted octanol–water partition coefficient (Wildman–Crippen LogP) is 0.547. The average molecular weight is 290 g/mol. The number of carbonyl (C=O) groups is 2. The van der Waals surface area contributed by atoms with Crippen LogP contribution in [0.5, 0.6) is 0 Å². The number of carbonyl (C=O) groups excluding carboxylic acids is 2.